The highest BCUT2D eigenvalue weighted by Gasteiger charge is 2.28. The molecule has 0 bridgehead atoms. The maximum atomic E-state index is 10.2. The van der Waals surface area contributed by atoms with Crippen LogP contribution >= 0.6 is 0 Å². The van der Waals surface area contributed by atoms with E-state index in [2.05, 4.69) is 0 Å². The third-order valence-corrected chi connectivity index (χ3v) is 2.12. The average Bonchev–Trinajstić information content (AvgIpc) is 2.01. The minimum atomic E-state index is -0.928. The molecule has 0 aliphatic carbocycles. The van der Waals surface area contributed by atoms with Crippen molar-refractivity contribution in [2.24, 2.45) is 11.1 Å². The van der Waals surface area contributed by atoms with Crippen molar-refractivity contribution in [2.45, 2.75) is 26.4 Å². The number of aliphatic hydroxyl groups excluding tert-OH is 1. The first-order chi connectivity index (χ1) is 4.60. The SMILES string of the molecule is CCC(C)(CN)C(O)C=O. The molecule has 0 fully saturated rings. The zero-order chi connectivity index (χ0) is 8.20. The number of rotatable bonds is 4. The van der Waals surface area contributed by atoms with E-state index in [1.165, 1.54) is 0 Å². The molecule has 2 atom stereocenters. The monoisotopic (exact) mass is 145 g/mol. The third kappa shape index (κ3) is 1.78. The van der Waals surface area contributed by atoms with Gasteiger partial charge in [0.2, 0.25) is 0 Å². The number of hydrogen-bond donors (Lipinski definition) is 2. The molecule has 0 aliphatic rings. The molecule has 0 spiro atoms. The Morgan fingerprint density at radius 2 is 2.30 bits per heavy atom. The Morgan fingerprint density at radius 3 is 2.40 bits per heavy atom. The van der Waals surface area contributed by atoms with E-state index >= 15 is 0 Å². The van der Waals surface area contributed by atoms with Crippen LogP contribution in [-0.4, -0.2) is 24.0 Å². The van der Waals surface area contributed by atoms with E-state index in [0.717, 1.165) is 0 Å². The summed E-state index contributed by atoms with van der Waals surface area (Å²) in [6.45, 7) is 4.04. The molecule has 0 aromatic heterocycles. The number of aldehydes is 1. The minimum absolute atomic E-state index is 0.337. The summed E-state index contributed by atoms with van der Waals surface area (Å²) in [6.07, 6.45) is 0.322. The summed E-state index contributed by atoms with van der Waals surface area (Å²) in [7, 11) is 0. The van der Waals surface area contributed by atoms with Gasteiger partial charge in [0.15, 0.2) is 0 Å². The van der Waals surface area contributed by atoms with Crippen molar-refractivity contribution in [1.82, 2.24) is 0 Å². The van der Waals surface area contributed by atoms with Crippen LogP contribution in [0.5, 0.6) is 0 Å². The molecule has 0 aromatic carbocycles. The predicted molar refractivity (Wildman–Crippen MR) is 39.5 cm³/mol. The van der Waals surface area contributed by atoms with Gasteiger partial charge < -0.3 is 15.6 Å². The summed E-state index contributed by atoms with van der Waals surface area (Å²) in [5.41, 5.74) is 4.93. The van der Waals surface area contributed by atoms with Crippen molar-refractivity contribution >= 4 is 6.29 Å². The largest absolute Gasteiger partial charge is 0.385 e. The molecule has 0 heterocycles. The molecule has 3 heteroatoms. The van der Waals surface area contributed by atoms with E-state index in [9.17, 15) is 4.79 Å². The summed E-state index contributed by atoms with van der Waals surface area (Å²) < 4.78 is 0. The second-order valence-corrected chi connectivity index (χ2v) is 2.79. The minimum Gasteiger partial charge on any atom is -0.385 e. The van der Waals surface area contributed by atoms with Crippen LogP contribution in [0, 0.1) is 5.41 Å². The second-order valence-electron chi connectivity index (χ2n) is 2.79. The van der Waals surface area contributed by atoms with Crippen LogP contribution in [0.2, 0.25) is 0 Å². The number of aliphatic hydroxyl groups is 1. The van der Waals surface area contributed by atoms with E-state index < -0.39 is 11.5 Å². The molecule has 60 valence electrons. The molecular weight excluding hydrogens is 130 g/mol. The van der Waals surface area contributed by atoms with Crippen LogP contribution in [0.25, 0.3) is 0 Å². The molecule has 3 nitrogen and oxygen atoms in total. The molecule has 2 unspecified atom stereocenters. The molecule has 0 aromatic rings. The van der Waals surface area contributed by atoms with E-state index in [1.54, 1.807) is 6.92 Å². The Balaban J connectivity index is 4.15. The summed E-state index contributed by atoms with van der Waals surface area (Å²) in [4.78, 5) is 10.2. The molecule has 0 amide bonds. The van der Waals surface area contributed by atoms with Gasteiger partial charge in [-0.05, 0) is 6.42 Å². The summed E-state index contributed by atoms with van der Waals surface area (Å²) in [5.74, 6) is 0. The van der Waals surface area contributed by atoms with E-state index in [4.69, 9.17) is 10.8 Å². The molecule has 0 saturated heterocycles. The fourth-order valence-corrected chi connectivity index (χ4v) is 0.638. The van der Waals surface area contributed by atoms with Gasteiger partial charge in [0, 0.05) is 12.0 Å². The van der Waals surface area contributed by atoms with Gasteiger partial charge in [0.25, 0.3) is 0 Å². The summed E-state index contributed by atoms with van der Waals surface area (Å²) in [5, 5.41) is 9.13. The maximum absolute atomic E-state index is 10.2. The highest BCUT2D eigenvalue weighted by atomic mass is 16.3. The molecule has 3 N–H and O–H groups in total. The number of carbonyl (C=O) groups is 1. The van der Waals surface area contributed by atoms with Gasteiger partial charge in [-0.3, -0.25) is 0 Å². The zero-order valence-corrected chi connectivity index (χ0v) is 6.50. The molecule has 0 radical (unpaired) electrons. The maximum Gasteiger partial charge on any atom is 0.149 e. The van der Waals surface area contributed by atoms with Crippen LogP contribution < -0.4 is 5.73 Å². The summed E-state index contributed by atoms with van der Waals surface area (Å²) >= 11 is 0. The smallest absolute Gasteiger partial charge is 0.149 e. The molecule has 10 heavy (non-hydrogen) atoms. The van der Waals surface area contributed by atoms with Gasteiger partial charge in [-0.25, -0.2) is 0 Å². The quantitative estimate of drug-likeness (QED) is 0.544. The Labute approximate surface area is 61.2 Å². The fraction of sp³-hybridized carbons (Fsp3) is 0.857. The third-order valence-electron chi connectivity index (χ3n) is 2.12. The Bertz CT molecular complexity index is 110. The number of nitrogens with two attached hydrogens (primary N) is 1. The standard InChI is InChI=1S/C7H15NO2/c1-3-7(2,5-8)6(10)4-9/h4,6,10H,3,5,8H2,1-2H3. The average molecular weight is 145 g/mol. The normalized spacial score (nSPS) is 19.6. The Hall–Kier alpha value is -0.410. The Morgan fingerprint density at radius 1 is 1.80 bits per heavy atom. The lowest BCUT2D eigenvalue weighted by Crippen LogP contribution is -2.39. The number of hydrogen-bond acceptors (Lipinski definition) is 3. The van der Waals surface area contributed by atoms with Crippen LogP contribution in [0.3, 0.4) is 0 Å². The predicted octanol–water partition coefficient (Wildman–Crippen LogP) is -0.0788. The molecule has 0 rings (SSSR count). The second kappa shape index (κ2) is 3.68. The van der Waals surface area contributed by atoms with E-state index in [-0.39, 0.29) is 0 Å². The topological polar surface area (TPSA) is 63.3 Å². The Kier molecular flexibility index (Phi) is 3.53. The lowest BCUT2D eigenvalue weighted by molar-refractivity contribution is -0.120. The van der Waals surface area contributed by atoms with Gasteiger partial charge in [-0.1, -0.05) is 13.8 Å². The van der Waals surface area contributed by atoms with Crippen LogP contribution in [0.1, 0.15) is 20.3 Å². The van der Waals surface area contributed by atoms with Crippen molar-refractivity contribution in [3.05, 3.63) is 0 Å². The molecule has 0 saturated carbocycles. The highest BCUT2D eigenvalue weighted by molar-refractivity contribution is 5.57. The first-order valence-electron chi connectivity index (χ1n) is 3.44. The first kappa shape index (κ1) is 9.59. The van der Waals surface area contributed by atoms with Gasteiger partial charge in [0.1, 0.15) is 12.4 Å². The lowest BCUT2D eigenvalue weighted by atomic mass is 9.82. The van der Waals surface area contributed by atoms with E-state index in [1.807, 2.05) is 6.92 Å². The molecular formula is C7H15NO2. The molecule has 0 aliphatic heterocycles. The van der Waals surface area contributed by atoms with Crippen molar-refractivity contribution in [1.29, 1.82) is 0 Å². The lowest BCUT2D eigenvalue weighted by Gasteiger charge is -2.28. The summed E-state index contributed by atoms with van der Waals surface area (Å²) in [6, 6.07) is 0. The fourth-order valence-electron chi connectivity index (χ4n) is 0.638. The van der Waals surface area contributed by atoms with Crippen LogP contribution in [0.15, 0.2) is 0 Å². The van der Waals surface area contributed by atoms with Gasteiger partial charge in [0.05, 0.1) is 0 Å². The van der Waals surface area contributed by atoms with Gasteiger partial charge >= 0.3 is 0 Å². The first-order valence-corrected chi connectivity index (χ1v) is 3.44. The van der Waals surface area contributed by atoms with Crippen molar-refractivity contribution < 1.29 is 9.90 Å². The van der Waals surface area contributed by atoms with Crippen LogP contribution in [-0.2, 0) is 4.79 Å². The van der Waals surface area contributed by atoms with Crippen LogP contribution in [0.4, 0.5) is 0 Å². The zero-order valence-electron chi connectivity index (χ0n) is 6.50. The number of carbonyl (C=O) groups excluding carboxylic acids is 1. The van der Waals surface area contributed by atoms with E-state index in [0.29, 0.717) is 19.3 Å². The van der Waals surface area contributed by atoms with Gasteiger partial charge in [-0.15, -0.1) is 0 Å². The van der Waals surface area contributed by atoms with Gasteiger partial charge in [-0.2, -0.15) is 0 Å². The highest BCUT2D eigenvalue weighted by Crippen LogP contribution is 2.22. The van der Waals surface area contributed by atoms with Crippen molar-refractivity contribution in [3.8, 4) is 0 Å². The van der Waals surface area contributed by atoms with Crippen molar-refractivity contribution in [3.63, 3.8) is 0 Å². The van der Waals surface area contributed by atoms with Crippen molar-refractivity contribution in [2.75, 3.05) is 6.54 Å².